The van der Waals surface area contributed by atoms with E-state index in [1.54, 1.807) is 18.2 Å². The molecule has 1 aromatic carbocycles. The SMILES string of the molecule is O=C(O)c1cccc(-c2ccncc2C(=O)O)c1. The predicted molar refractivity (Wildman–Crippen MR) is 63.6 cm³/mol. The molecular formula is C13H9NO4. The van der Waals surface area contributed by atoms with Gasteiger partial charge in [-0.2, -0.15) is 0 Å². The van der Waals surface area contributed by atoms with E-state index in [-0.39, 0.29) is 11.1 Å². The van der Waals surface area contributed by atoms with Crippen molar-refractivity contribution in [2.75, 3.05) is 0 Å². The monoisotopic (exact) mass is 243 g/mol. The van der Waals surface area contributed by atoms with E-state index in [0.717, 1.165) is 0 Å². The van der Waals surface area contributed by atoms with Crippen LogP contribution in [0.3, 0.4) is 0 Å². The lowest BCUT2D eigenvalue weighted by Gasteiger charge is -2.06. The predicted octanol–water partition coefficient (Wildman–Crippen LogP) is 2.14. The van der Waals surface area contributed by atoms with Crippen LogP contribution in [-0.4, -0.2) is 27.1 Å². The number of aromatic nitrogens is 1. The fourth-order valence-electron chi connectivity index (χ4n) is 1.64. The van der Waals surface area contributed by atoms with Crippen LogP contribution in [0.4, 0.5) is 0 Å². The van der Waals surface area contributed by atoms with Gasteiger partial charge in [-0.05, 0) is 29.3 Å². The van der Waals surface area contributed by atoms with Gasteiger partial charge in [0.05, 0.1) is 11.1 Å². The van der Waals surface area contributed by atoms with Gasteiger partial charge < -0.3 is 10.2 Å². The topological polar surface area (TPSA) is 87.5 Å². The first-order valence-electron chi connectivity index (χ1n) is 5.10. The van der Waals surface area contributed by atoms with E-state index in [4.69, 9.17) is 10.2 Å². The Kier molecular flexibility index (Phi) is 3.05. The quantitative estimate of drug-likeness (QED) is 0.862. The van der Waals surface area contributed by atoms with Crippen LogP contribution in [0.5, 0.6) is 0 Å². The number of hydrogen-bond acceptors (Lipinski definition) is 3. The van der Waals surface area contributed by atoms with E-state index in [0.29, 0.717) is 11.1 Å². The molecule has 0 fully saturated rings. The normalized spacial score (nSPS) is 10.0. The molecule has 0 bridgehead atoms. The van der Waals surface area contributed by atoms with Gasteiger partial charge in [-0.25, -0.2) is 9.59 Å². The fraction of sp³-hybridized carbons (Fsp3) is 0. The standard InChI is InChI=1S/C13H9NO4/c15-12(16)9-3-1-2-8(6-9)10-4-5-14-7-11(10)13(17)18/h1-7H,(H,15,16)(H,17,18). The zero-order valence-electron chi connectivity index (χ0n) is 9.20. The molecule has 2 rings (SSSR count). The van der Waals surface area contributed by atoms with Gasteiger partial charge in [-0.3, -0.25) is 4.98 Å². The maximum Gasteiger partial charge on any atom is 0.337 e. The van der Waals surface area contributed by atoms with Crippen molar-refractivity contribution in [3.63, 3.8) is 0 Å². The van der Waals surface area contributed by atoms with Crippen molar-refractivity contribution >= 4 is 11.9 Å². The smallest absolute Gasteiger partial charge is 0.337 e. The average molecular weight is 243 g/mol. The summed E-state index contributed by atoms with van der Waals surface area (Å²) in [7, 11) is 0. The third kappa shape index (κ3) is 2.20. The molecule has 0 spiro atoms. The fourth-order valence-corrected chi connectivity index (χ4v) is 1.64. The number of carboxylic acid groups (broad SMARTS) is 2. The Hall–Kier alpha value is -2.69. The summed E-state index contributed by atoms with van der Waals surface area (Å²) in [4.78, 5) is 25.7. The van der Waals surface area contributed by atoms with Gasteiger partial charge in [0.2, 0.25) is 0 Å². The van der Waals surface area contributed by atoms with Crippen molar-refractivity contribution in [1.29, 1.82) is 0 Å². The highest BCUT2D eigenvalue weighted by molar-refractivity contribution is 5.96. The van der Waals surface area contributed by atoms with E-state index in [1.807, 2.05) is 0 Å². The number of rotatable bonds is 3. The molecule has 0 saturated heterocycles. The lowest BCUT2D eigenvalue weighted by Crippen LogP contribution is -2.01. The summed E-state index contributed by atoms with van der Waals surface area (Å²) >= 11 is 0. The first kappa shape index (κ1) is 11.8. The van der Waals surface area contributed by atoms with Gasteiger partial charge in [0.15, 0.2) is 0 Å². The van der Waals surface area contributed by atoms with Crippen molar-refractivity contribution in [1.82, 2.24) is 4.98 Å². The second-order valence-corrected chi connectivity index (χ2v) is 3.61. The zero-order valence-corrected chi connectivity index (χ0v) is 9.20. The van der Waals surface area contributed by atoms with E-state index in [9.17, 15) is 9.59 Å². The van der Waals surface area contributed by atoms with Crippen LogP contribution in [0.2, 0.25) is 0 Å². The molecule has 1 heterocycles. The van der Waals surface area contributed by atoms with Crippen molar-refractivity contribution in [3.8, 4) is 11.1 Å². The Bertz CT molecular complexity index is 622. The third-order valence-electron chi connectivity index (χ3n) is 2.47. The van der Waals surface area contributed by atoms with Gasteiger partial charge in [0, 0.05) is 12.4 Å². The Labute approximate surface area is 102 Å². The van der Waals surface area contributed by atoms with Crippen molar-refractivity contribution in [2.24, 2.45) is 0 Å². The molecule has 5 nitrogen and oxygen atoms in total. The molecule has 2 aromatic rings. The molecule has 0 aliphatic rings. The first-order valence-corrected chi connectivity index (χ1v) is 5.10. The Morgan fingerprint density at radius 2 is 1.83 bits per heavy atom. The first-order chi connectivity index (χ1) is 8.59. The molecular weight excluding hydrogens is 234 g/mol. The van der Waals surface area contributed by atoms with Crippen molar-refractivity contribution < 1.29 is 19.8 Å². The third-order valence-corrected chi connectivity index (χ3v) is 2.47. The zero-order chi connectivity index (χ0) is 13.1. The van der Waals surface area contributed by atoms with E-state index >= 15 is 0 Å². The summed E-state index contributed by atoms with van der Waals surface area (Å²) in [5, 5.41) is 18.0. The van der Waals surface area contributed by atoms with Crippen LogP contribution < -0.4 is 0 Å². The molecule has 5 heteroatoms. The molecule has 0 unspecified atom stereocenters. The van der Waals surface area contributed by atoms with E-state index in [2.05, 4.69) is 4.98 Å². The second-order valence-electron chi connectivity index (χ2n) is 3.61. The number of benzene rings is 1. The number of nitrogens with zero attached hydrogens (tertiary/aromatic N) is 1. The van der Waals surface area contributed by atoms with Crippen LogP contribution in [0.15, 0.2) is 42.7 Å². The van der Waals surface area contributed by atoms with Crippen LogP contribution in [0, 0.1) is 0 Å². The molecule has 90 valence electrons. The van der Waals surface area contributed by atoms with Gasteiger partial charge in [-0.1, -0.05) is 12.1 Å². The second kappa shape index (κ2) is 4.67. The molecule has 0 atom stereocenters. The Morgan fingerprint density at radius 1 is 1.06 bits per heavy atom. The molecule has 0 aliphatic carbocycles. The summed E-state index contributed by atoms with van der Waals surface area (Å²) in [6.07, 6.45) is 2.71. The summed E-state index contributed by atoms with van der Waals surface area (Å²) in [6, 6.07) is 7.67. The summed E-state index contributed by atoms with van der Waals surface area (Å²) < 4.78 is 0. The van der Waals surface area contributed by atoms with Gasteiger partial charge >= 0.3 is 11.9 Å². The van der Waals surface area contributed by atoms with Crippen LogP contribution >= 0.6 is 0 Å². The molecule has 1 aromatic heterocycles. The molecule has 0 aliphatic heterocycles. The summed E-state index contributed by atoms with van der Waals surface area (Å²) in [6.45, 7) is 0. The molecule has 0 amide bonds. The lowest BCUT2D eigenvalue weighted by atomic mass is 10.00. The lowest BCUT2D eigenvalue weighted by molar-refractivity contribution is 0.0687. The number of aromatic carboxylic acids is 2. The average Bonchev–Trinajstić information content (AvgIpc) is 2.39. The van der Waals surface area contributed by atoms with E-state index < -0.39 is 11.9 Å². The van der Waals surface area contributed by atoms with Crippen LogP contribution in [0.1, 0.15) is 20.7 Å². The van der Waals surface area contributed by atoms with Gasteiger partial charge in [0.1, 0.15) is 0 Å². The van der Waals surface area contributed by atoms with Crippen LogP contribution in [0.25, 0.3) is 11.1 Å². The van der Waals surface area contributed by atoms with Crippen LogP contribution in [-0.2, 0) is 0 Å². The molecule has 18 heavy (non-hydrogen) atoms. The highest BCUT2D eigenvalue weighted by atomic mass is 16.4. The maximum absolute atomic E-state index is 11.1. The largest absolute Gasteiger partial charge is 0.478 e. The van der Waals surface area contributed by atoms with Gasteiger partial charge in [-0.15, -0.1) is 0 Å². The Balaban J connectivity index is 2.58. The molecule has 0 radical (unpaired) electrons. The number of carbonyl (C=O) groups is 2. The minimum atomic E-state index is -1.10. The molecule has 2 N–H and O–H groups in total. The van der Waals surface area contributed by atoms with Crippen molar-refractivity contribution in [3.05, 3.63) is 53.9 Å². The highest BCUT2D eigenvalue weighted by Crippen LogP contribution is 2.23. The minimum absolute atomic E-state index is 0.0417. The van der Waals surface area contributed by atoms with Crippen molar-refractivity contribution in [2.45, 2.75) is 0 Å². The highest BCUT2D eigenvalue weighted by Gasteiger charge is 2.12. The van der Waals surface area contributed by atoms with E-state index in [1.165, 1.54) is 24.5 Å². The number of carboxylic acids is 2. The molecule has 0 saturated carbocycles. The Morgan fingerprint density at radius 3 is 2.50 bits per heavy atom. The maximum atomic E-state index is 11.1. The minimum Gasteiger partial charge on any atom is -0.478 e. The van der Waals surface area contributed by atoms with Gasteiger partial charge in [0.25, 0.3) is 0 Å². The number of hydrogen-bond donors (Lipinski definition) is 2. The summed E-state index contributed by atoms with van der Waals surface area (Å²) in [5.74, 6) is -2.15. The summed E-state index contributed by atoms with van der Waals surface area (Å²) in [5.41, 5.74) is 1.14. The number of pyridine rings is 1.